The monoisotopic (exact) mass is 284 g/mol. The Hall–Kier alpha value is -1.87. The number of rotatable bonds is 5. The van der Waals surface area contributed by atoms with E-state index in [0.717, 1.165) is 28.9 Å². The summed E-state index contributed by atoms with van der Waals surface area (Å²) < 4.78 is 0. The molecule has 2 nitrogen and oxygen atoms in total. The number of thiocarbonyl (C=S) groups is 1. The van der Waals surface area contributed by atoms with Crippen LogP contribution in [0.15, 0.2) is 42.5 Å². The van der Waals surface area contributed by atoms with Crippen LogP contribution in [0.3, 0.4) is 0 Å². The summed E-state index contributed by atoms with van der Waals surface area (Å²) >= 11 is 5.02. The Kier molecular flexibility index (Phi) is 4.74. The normalized spacial score (nSPS) is 10.3. The van der Waals surface area contributed by atoms with E-state index >= 15 is 0 Å². The summed E-state index contributed by atoms with van der Waals surface area (Å²) in [5.41, 5.74) is 11.2. The van der Waals surface area contributed by atoms with Gasteiger partial charge in [0.1, 0.15) is 4.99 Å². The van der Waals surface area contributed by atoms with Gasteiger partial charge in [-0.2, -0.15) is 0 Å². The van der Waals surface area contributed by atoms with Gasteiger partial charge in [-0.15, -0.1) is 0 Å². The first kappa shape index (κ1) is 14.5. The van der Waals surface area contributed by atoms with Crippen LogP contribution in [-0.2, 0) is 6.42 Å². The molecule has 3 N–H and O–H groups in total. The van der Waals surface area contributed by atoms with E-state index in [4.69, 9.17) is 18.0 Å². The van der Waals surface area contributed by atoms with Gasteiger partial charge in [0.15, 0.2) is 0 Å². The highest BCUT2D eigenvalue weighted by Crippen LogP contribution is 2.20. The fraction of sp³-hybridized carbons (Fsp3) is 0.235. The lowest BCUT2D eigenvalue weighted by Gasteiger charge is -2.10. The molecule has 0 spiro atoms. The second kappa shape index (κ2) is 6.53. The predicted molar refractivity (Wildman–Crippen MR) is 90.8 cm³/mol. The second-order valence-corrected chi connectivity index (χ2v) is 5.41. The number of aryl methyl sites for hydroxylation is 2. The molecule has 0 heterocycles. The highest BCUT2D eigenvalue weighted by atomic mass is 32.1. The van der Waals surface area contributed by atoms with E-state index < -0.39 is 0 Å². The van der Waals surface area contributed by atoms with Gasteiger partial charge in [0.2, 0.25) is 0 Å². The quantitative estimate of drug-likeness (QED) is 0.803. The molecule has 0 amide bonds. The molecular formula is C17H20N2S. The van der Waals surface area contributed by atoms with Crippen molar-refractivity contribution in [3.05, 3.63) is 59.2 Å². The Bertz CT molecular complexity index is 603. The second-order valence-electron chi connectivity index (χ2n) is 4.97. The molecule has 104 valence electrons. The molecule has 0 saturated heterocycles. The van der Waals surface area contributed by atoms with Gasteiger partial charge in [0.25, 0.3) is 0 Å². The predicted octanol–water partition coefficient (Wildman–Crippen LogP) is 4.33. The van der Waals surface area contributed by atoms with Crippen molar-refractivity contribution >= 4 is 28.6 Å². The Morgan fingerprint density at radius 2 is 1.75 bits per heavy atom. The largest absolute Gasteiger partial charge is 0.389 e. The number of hydrogen-bond acceptors (Lipinski definition) is 2. The number of hydrogen-bond donors (Lipinski definition) is 2. The SMILES string of the molecule is CCCc1ccc(Nc2ccc(C(N)=S)c(C)c2)cc1. The van der Waals surface area contributed by atoms with Crippen LogP contribution in [-0.4, -0.2) is 4.99 Å². The summed E-state index contributed by atoms with van der Waals surface area (Å²) in [5, 5.41) is 3.40. The Morgan fingerprint density at radius 3 is 2.30 bits per heavy atom. The Labute approximate surface area is 126 Å². The Balaban J connectivity index is 2.13. The van der Waals surface area contributed by atoms with Gasteiger partial charge in [0.05, 0.1) is 0 Å². The van der Waals surface area contributed by atoms with Crippen LogP contribution < -0.4 is 11.1 Å². The molecular weight excluding hydrogens is 264 g/mol. The molecule has 0 fully saturated rings. The summed E-state index contributed by atoms with van der Waals surface area (Å²) in [6.07, 6.45) is 2.30. The smallest absolute Gasteiger partial charge is 0.104 e. The number of nitrogens with one attached hydrogen (secondary N) is 1. The molecule has 0 aromatic heterocycles. The molecule has 20 heavy (non-hydrogen) atoms. The average molecular weight is 284 g/mol. The van der Waals surface area contributed by atoms with Crippen molar-refractivity contribution < 1.29 is 0 Å². The van der Waals surface area contributed by atoms with Gasteiger partial charge < -0.3 is 11.1 Å². The lowest BCUT2D eigenvalue weighted by Crippen LogP contribution is -2.11. The van der Waals surface area contributed by atoms with E-state index in [1.54, 1.807) is 0 Å². The molecule has 3 heteroatoms. The first-order valence-electron chi connectivity index (χ1n) is 6.86. The molecule has 2 aromatic carbocycles. The lowest BCUT2D eigenvalue weighted by atomic mass is 10.1. The van der Waals surface area contributed by atoms with Gasteiger partial charge in [-0.3, -0.25) is 0 Å². The van der Waals surface area contributed by atoms with Gasteiger partial charge >= 0.3 is 0 Å². The number of anilines is 2. The highest BCUT2D eigenvalue weighted by Gasteiger charge is 2.03. The third-order valence-electron chi connectivity index (χ3n) is 3.27. The third kappa shape index (κ3) is 3.58. The van der Waals surface area contributed by atoms with E-state index in [9.17, 15) is 0 Å². The van der Waals surface area contributed by atoms with Crippen molar-refractivity contribution in [2.45, 2.75) is 26.7 Å². The topological polar surface area (TPSA) is 38.0 Å². The van der Waals surface area contributed by atoms with E-state index in [0.29, 0.717) is 4.99 Å². The first-order valence-corrected chi connectivity index (χ1v) is 7.27. The van der Waals surface area contributed by atoms with Crippen molar-refractivity contribution in [2.75, 3.05) is 5.32 Å². The van der Waals surface area contributed by atoms with Crippen molar-refractivity contribution in [1.82, 2.24) is 0 Å². The van der Waals surface area contributed by atoms with E-state index in [1.807, 2.05) is 19.1 Å². The zero-order chi connectivity index (χ0) is 14.5. The fourth-order valence-corrected chi connectivity index (χ4v) is 2.46. The molecule has 0 atom stereocenters. The number of nitrogens with two attached hydrogens (primary N) is 1. The number of benzene rings is 2. The minimum atomic E-state index is 0.443. The van der Waals surface area contributed by atoms with E-state index in [1.165, 1.54) is 12.0 Å². The Morgan fingerprint density at radius 1 is 1.10 bits per heavy atom. The van der Waals surface area contributed by atoms with Crippen molar-refractivity contribution in [3.63, 3.8) is 0 Å². The molecule has 0 aliphatic rings. The summed E-state index contributed by atoms with van der Waals surface area (Å²) in [6.45, 7) is 4.21. The third-order valence-corrected chi connectivity index (χ3v) is 3.49. The molecule has 0 aliphatic carbocycles. The van der Waals surface area contributed by atoms with Crippen molar-refractivity contribution in [1.29, 1.82) is 0 Å². The molecule has 2 aromatic rings. The van der Waals surface area contributed by atoms with Crippen LogP contribution in [0.2, 0.25) is 0 Å². The van der Waals surface area contributed by atoms with Crippen LogP contribution >= 0.6 is 12.2 Å². The zero-order valence-electron chi connectivity index (χ0n) is 11.9. The summed E-state index contributed by atoms with van der Waals surface area (Å²) in [6, 6.07) is 14.6. The maximum absolute atomic E-state index is 5.67. The van der Waals surface area contributed by atoms with Crippen LogP contribution in [0.5, 0.6) is 0 Å². The van der Waals surface area contributed by atoms with Crippen LogP contribution in [0.1, 0.15) is 30.0 Å². The van der Waals surface area contributed by atoms with Crippen molar-refractivity contribution in [3.8, 4) is 0 Å². The maximum atomic E-state index is 5.67. The van der Waals surface area contributed by atoms with Crippen LogP contribution in [0.25, 0.3) is 0 Å². The molecule has 2 rings (SSSR count). The first-order chi connectivity index (χ1) is 9.60. The molecule has 0 radical (unpaired) electrons. The van der Waals surface area contributed by atoms with E-state index in [-0.39, 0.29) is 0 Å². The van der Waals surface area contributed by atoms with Crippen molar-refractivity contribution in [2.24, 2.45) is 5.73 Å². The standard InChI is InChI=1S/C17H20N2S/c1-3-4-13-5-7-14(8-6-13)19-15-9-10-16(17(18)20)12(2)11-15/h5-11,19H,3-4H2,1-2H3,(H2,18,20). The van der Waals surface area contributed by atoms with Gasteiger partial charge in [-0.1, -0.05) is 37.7 Å². The summed E-state index contributed by atoms with van der Waals surface area (Å²) in [4.78, 5) is 0.443. The van der Waals surface area contributed by atoms with Gasteiger partial charge in [0, 0.05) is 16.9 Å². The minimum Gasteiger partial charge on any atom is -0.389 e. The molecule has 0 unspecified atom stereocenters. The molecule has 0 bridgehead atoms. The average Bonchev–Trinajstić information content (AvgIpc) is 2.41. The summed E-state index contributed by atoms with van der Waals surface area (Å²) in [7, 11) is 0. The minimum absolute atomic E-state index is 0.443. The molecule has 0 saturated carbocycles. The maximum Gasteiger partial charge on any atom is 0.104 e. The van der Waals surface area contributed by atoms with Gasteiger partial charge in [-0.25, -0.2) is 0 Å². The van der Waals surface area contributed by atoms with Crippen LogP contribution in [0, 0.1) is 6.92 Å². The summed E-state index contributed by atoms with van der Waals surface area (Å²) in [5.74, 6) is 0. The highest BCUT2D eigenvalue weighted by molar-refractivity contribution is 7.80. The van der Waals surface area contributed by atoms with Gasteiger partial charge in [-0.05, 0) is 54.8 Å². The van der Waals surface area contributed by atoms with E-state index in [2.05, 4.69) is 42.6 Å². The zero-order valence-corrected chi connectivity index (χ0v) is 12.8. The lowest BCUT2D eigenvalue weighted by molar-refractivity contribution is 0.922. The van der Waals surface area contributed by atoms with Crippen LogP contribution in [0.4, 0.5) is 11.4 Å². The molecule has 0 aliphatic heterocycles. The fourth-order valence-electron chi connectivity index (χ4n) is 2.23.